The number of pyridine rings is 1. The van der Waals surface area contributed by atoms with Crippen molar-refractivity contribution in [2.45, 2.75) is 0 Å². The number of rotatable bonds is 3. The maximum absolute atomic E-state index is 13.2. The van der Waals surface area contributed by atoms with Crippen molar-refractivity contribution in [3.63, 3.8) is 0 Å². The maximum atomic E-state index is 13.2. The van der Waals surface area contributed by atoms with Gasteiger partial charge in [-0.1, -0.05) is 41.4 Å². The van der Waals surface area contributed by atoms with Gasteiger partial charge in [0.2, 0.25) is 0 Å². The fraction of sp³-hybridized carbons (Fsp3) is 0. The number of benzene rings is 2. The Morgan fingerprint density at radius 3 is 2.38 bits per heavy atom. The molecule has 0 unspecified atom stereocenters. The summed E-state index contributed by atoms with van der Waals surface area (Å²) in [4.78, 5) is 8.95. The van der Waals surface area contributed by atoms with Crippen molar-refractivity contribution in [3.8, 4) is 33.0 Å². The van der Waals surface area contributed by atoms with Gasteiger partial charge in [0.15, 0.2) is 0 Å². The first-order valence-electron chi connectivity index (χ1n) is 7.73. The predicted octanol–water partition coefficient (Wildman–Crippen LogP) is 6.99. The summed E-state index contributed by atoms with van der Waals surface area (Å²) in [6.45, 7) is 0. The summed E-state index contributed by atoms with van der Waals surface area (Å²) in [6.07, 6.45) is 3.49. The van der Waals surface area contributed by atoms with Crippen molar-refractivity contribution in [2.24, 2.45) is 0 Å². The van der Waals surface area contributed by atoms with Crippen LogP contribution < -0.4 is 0 Å². The molecule has 0 saturated heterocycles. The molecule has 2 nitrogen and oxygen atoms in total. The molecule has 0 bridgehead atoms. The summed E-state index contributed by atoms with van der Waals surface area (Å²) in [5.41, 5.74) is 4.48. The number of thiazole rings is 1. The third kappa shape index (κ3) is 3.36. The van der Waals surface area contributed by atoms with E-state index in [0.717, 1.165) is 33.0 Å². The Bertz CT molecular complexity index is 1080. The summed E-state index contributed by atoms with van der Waals surface area (Å²) in [6, 6.07) is 13.7. The summed E-state index contributed by atoms with van der Waals surface area (Å²) in [5.74, 6) is -0.263. The van der Waals surface area contributed by atoms with Crippen LogP contribution in [0.25, 0.3) is 33.0 Å². The minimum absolute atomic E-state index is 0.263. The highest BCUT2D eigenvalue weighted by Crippen LogP contribution is 2.36. The van der Waals surface area contributed by atoms with Crippen molar-refractivity contribution in [1.82, 2.24) is 9.97 Å². The Morgan fingerprint density at radius 1 is 0.846 bits per heavy atom. The monoisotopic (exact) mass is 400 g/mol. The first kappa shape index (κ1) is 17.2. The van der Waals surface area contributed by atoms with E-state index in [-0.39, 0.29) is 5.82 Å². The van der Waals surface area contributed by atoms with Crippen LogP contribution in [0.1, 0.15) is 0 Å². The van der Waals surface area contributed by atoms with E-state index in [4.69, 9.17) is 28.2 Å². The average molecular weight is 401 g/mol. The zero-order valence-corrected chi connectivity index (χ0v) is 15.6. The second-order valence-electron chi connectivity index (χ2n) is 5.59. The molecular weight excluding hydrogens is 390 g/mol. The predicted molar refractivity (Wildman–Crippen MR) is 106 cm³/mol. The molecule has 0 amide bonds. The fourth-order valence-corrected chi connectivity index (χ4v) is 3.78. The van der Waals surface area contributed by atoms with Gasteiger partial charge >= 0.3 is 0 Å². The Labute approximate surface area is 163 Å². The molecule has 0 radical (unpaired) electrons. The lowest BCUT2D eigenvalue weighted by molar-refractivity contribution is 0.628. The Balaban J connectivity index is 1.76. The summed E-state index contributed by atoms with van der Waals surface area (Å²) in [5, 5.41) is 3.80. The Morgan fingerprint density at radius 2 is 1.62 bits per heavy atom. The zero-order valence-electron chi connectivity index (χ0n) is 13.3. The molecule has 2 aromatic heterocycles. The van der Waals surface area contributed by atoms with Gasteiger partial charge in [-0.3, -0.25) is 4.98 Å². The molecule has 0 fully saturated rings. The van der Waals surface area contributed by atoms with Crippen LogP contribution in [0.15, 0.2) is 66.3 Å². The van der Waals surface area contributed by atoms with E-state index in [9.17, 15) is 4.39 Å². The molecule has 0 saturated carbocycles. The van der Waals surface area contributed by atoms with Crippen molar-refractivity contribution in [1.29, 1.82) is 0 Å². The topological polar surface area (TPSA) is 25.8 Å². The molecule has 0 aliphatic carbocycles. The van der Waals surface area contributed by atoms with Crippen LogP contribution in [0.4, 0.5) is 4.39 Å². The third-order valence-corrected chi connectivity index (χ3v) is 5.54. The number of aromatic nitrogens is 2. The molecule has 4 aromatic rings. The lowest BCUT2D eigenvalue weighted by Crippen LogP contribution is -1.87. The van der Waals surface area contributed by atoms with Gasteiger partial charge < -0.3 is 0 Å². The molecule has 0 aliphatic heterocycles. The minimum Gasteiger partial charge on any atom is -0.264 e. The van der Waals surface area contributed by atoms with Crippen LogP contribution in [0.3, 0.4) is 0 Å². The van der Waals surface area contributed by atoms with E-state index < -0.39 is 0 Å². The van der Waals surface area contributed by atoms with Crippen LogP contribution in [0, 0.1) is 5.82 Å². The molecule has 26 heavy (non-hydrogen) atoms. The standard InChI is InChI=1S/C20H11Cl2FN2S/c21-17-6-3-13(9-18(17)22)19-11-26-20(25-19)16-10-24-8-7-15(16)12-1-4-14(23)5-2-12/h1-11H. The molecule has 0 spiro atoms. The summed E-state index contributed by atoms with van der Waals surface area (Å²) in [7, 11) is 0. The van der Waals surface area contributed by atoms with E-state index in [1.165, 1.54) is 23.5 Å². The highest BCUT2D eigenvalue weighted by atomic mass is 35.5. The highest BCUT2D eigenvalue weighted by Gasteiger charge is 2.13. The van der Waals surface area contributed by atoms with Crippen LogP contribution in [-0.4, -0.2) is 9.97 Å². The first-order chi connectivity index (χ1) is 12.6. The van der Waals surface area contributed by atoms with Gasteiger partial charge in [0.05, 0.1) is 15.7 Å². The number of halogens is 3. The van der Waals surface area contributed by atoms with Gasteiger partial charge in [-0.2, -0.15) is 0 Å². The summed E-state index contributed by atoms with van der Waals surface area (Å²) >= 11 is 13.6. The number of hydrogen-bond donors (Lipinski definition) is 0. The lowest BCUT2D eigenvalue weighted by atomic mass is 10.0. The van der Waals surface area contributed by atoms with E-state index >= 15 is 0 Å². The normalized spacial score (nSPS) is 10.9. The third-order valence-electron chi connectivity index (χ3n) is 3.93. The van der Waals surface area contributed by atoms with Gasteiger partial charge in [0.25, 0.3) is 0 Å². The van der Waals surface area contributed by atoms with Crippen molar-refractivity contribution in [2.75, 3.05) is 0 Å². The quantitative estimate of drug-likeness (QED) is 0.370. The van der Waals surface area contributed by atoms with Gasteiger partial charge in [-0.15, -0.1) is 11.3 Å². The van der Waals surface area contributed by atoms with Crippen molar-refractivity contribution in [3.05, 3.63) is 82.2 Å². The second-order valence-corrected chi connectivity index (χ2v) is 7.27. The number of hydrogen-bond acceptors (Lipinski definition) is 3. The molecule has 2 aromatic carbocycles. The van der Waals surface area contributed by atoms with E-state index in [1.54, 1.807) is 36.7 Å². The molecule has 128 valence electrons. The van der Waals surface area contributed by atoms with E-state index in [2.05, 4.69) is 4.98 Å². The lowest BCUT2D eigenvalue weighted by Gasteiger charge is -2.07. The highest BCUT2D eigenvalue weighted by molar-refractivity contribution is 7.13. The first-order valence-corrected chi connectivity index (χ1v) is 9.36. The van der Waals surface area contributed by atoms with Gasteiger partial charge in [0.1, 0.15) is 10.8 Å². The van der Waals surface area contributed by atoms with Gasteiger partial charge in [0, 0.05) is 28.9 Å². The molecule has 4 rings (SSSR count). The van der Waals surface area contributed by atoms with Crippen LogP contribution >= 0.6 is 34.5 Å². The van der Waals surface area contributed by atoms with Crippen molar-refractivity contribution >= 4 is 34.5 Å². The largest absolute Gasteiger partial charge is 0.264 e. The maximum Gasteiger partial charge on any atom is 0.126 e. The smallest absolute Gasteiger partial charge is 0.126 e. The zero-order chi connectivity index (χ0) is 18.1. The average Bonchev–Trinajstić information content (AvgIpc) is 3.15. The van der Waals surface area contributed by atoms with Crippen LogP contribution in [-0.2, 0) is 0 Å². The van der Waals surface area contributed by atoms with Gasteiger partial charge in [-0.25, -0.2) is 9.37 Å². The molecular formula is C20H11Cl2FN2S. The molecule has 0 N–H and O–H groups in total. The van der Waals surface area contributed by atoms with E-state index in [0.29, 0.717) is 10.0 Å². The molecule has 0 atom stereocenters. The van der Waals surface area contributed by atoms with E-state index in [1.807, 2.05) is 17.5 Å². The number of nitrogens with zero attached hydrogens (tertiary/aromatic N) is 2. The SMILES string of the molecule is Fc1ccc(-c2ccncc2-c2nc(-c3ccc(Cl)c(Cl)c3)cs2)cc1. The van der Waals surface area contributed by atoms with Crippen LogP contribution in [0.2, 0.25) is 10.0 Å². The Kier molecular flexibility index (Phi) is 4.72. The fourth-order valence-electron chi connectivity index (χ4n) is 2.63. The van der Waals surface area contributed by atoms with Crippen LogP contribution in [0.5, 0.6) is 0 Å². The molecule has 0 aliphatic rings. The van der Waals surface area contributed by atoms with Gasteiger partial charge in [-0.05, 0) is 41.5 Å². The van der Waals surface area contributed by atoms with Crippen molar-refractivity contribution < 1.29 is 4.39 Å². The second kappa shape index (κ2) is 7.16. The molecule has 2 heterocycles. The summed E-state index contributed by atoms with van der Waals surface area (Å²) < 4.78 is 13.2. The minimum atomic E-state index is -0.263. The Hall–Kier alpha value is -2.27. The molecule has 6 heteroatoms.